The maximum atomic E-state index is 12.4. The molecule has 0 spiro atoms. The van der Waals surface area contributed by atoms with Gasteiger partial charge in [-0.2, -0.15) is 0 Å². The second-order valence-electron chi connectivity index (χ2n) is 4.28. The van der Waals surface area contributed by atoms with E-state index in [1.165, 1.54) is 11.3 Å². The van der Waals surface area contributed by atoms with Crippen LogP contribution < -0.4 is 10.2 Å². The molecule has 1 aromatic carbocycles. The van der Waals surface area contributed by atoms with Crippen molar-refractivity contribution in [3.8, 4) is 0 Å². The number of thiophene rings is 1. The Hall–Kier alpha value is -1.63. The van der Waals surface area contributed by atoms with Gasteiger partial charge < -0.3 is 5.32 Å². The minimum absolute atomic E-state index is 0.245. The van der Waals surface area contributed by atoms with E-state index in [0.29, 0.717) is 10.7 Å². The maximum absolute atomic E-state index is 12.4. The van der Waals surface area contributed by atoms with Crippen LogP contribution in [0.5, 0.6) is 0 Å². The summed E-state index contributed by atoms with van der Waals surface area (Å²) in [6.45, 7) is 0. The standard InChI is InChI=1S/C14H8BrClN2O2S/c15-8-4-11(21-7-8)6-12-13(19)18(14(20)17-12)10-3-1-2-9(16)5-10/h1-7H,(H,17,20)/b12-6+. The van der Waals surface area contributed by atoms with Crippen molar-refractivity contribution in [1.82, 2.24) is 5.32 Å². The molecule has 0 radical (unpaired) electrons. The molecule has 3 rings (SSSR count). The molecule has 7 heteroatoms. The van der Waals surface area contributed by atoms with Gasteiger partial charge in [0.05, 0.1) is 5.69 Å². The number of imide groups is 1. The second-order valence-corrected chi connectivity index (χ2v) is 6.57. The lowest BCUT2D eigenvalue weighted by Gasteiger charge is -2.11. The number of benzene rings is 1. The Labute approximate surface area is 138 Å². The van der Waals surface area contributed by atoms with Crippen LogP contribution in [0.1, 0.15) is 4.88 Å². The summed E-state index contributed by atoms with van der Waals surface area (Å²) in [5, 5.41) is 4.95. The van der Waals surface area contributed by atoms with E-state index in [1.54, 1.807) is 30.3 Å². The van der Waals surface area contributed by atoms with E-state index in [0.717, 1.165) is 14.2 Å². The summed E-state index contributed by atoms with van der Waals surface area (Å²) in [5.41, 5.74) is 0.690. The Morgan fingerprint density at radius 1 is 1.29 bits per heavy atom. The normalized spacial score (nSPS) is 16.7. The van der Waals surface area contributed by atoms with Gasteiger partial charge in [0.15, 0.2) is 0 Å². The van der Waals surface area contributed by atoms with Gasteiger partial charge in [-0.1, -0.05) is 17.7 Å². The molecule has 21 heavy (non-hydrogen) atoms. The van der Waals surface area contributed by atoms with Crippen LogP contribution in [-0.2, 0) is 4.79 Å². The van der Waals surface area contributed by atoms with Crippen molar-refractivity contribution in [1.29, 1.82) is 0 Å². The van der Waals surface area contributed by atoms with Crippen LogP contribution >= 0.6 is 38.9 Å². The summed E-state index contributed by atoms with van der Waals surface area (Å²) in [5.74, 6) is -0.396. The molecule has 0 unspecified atom stereocenters. The molecule has 1 N–H and O–H groups in total. The molecule has 1 aromatic heterocycles. The lowest BCUT2D eigenvalue weighted by Crippen LogP contribution is -2.30. The third-order valence-corrected chi connectivity index (χ3v) is 4.69. The Kier molecular flexibility index (Phi) is 3.84. The molecule has 2 aromatic rings. The van der Waals surface area contributed by atoms with Gasteiger partial charge in [0.25, 0.3) is 5.91 Å². The van der Waals surface area contributed by atoms with Gasteiger partial charge in [0.2, 0.25) is 0 Å². The lowest BCUT2D eigenvalue weighted by molar-refractivity contribution is -0.113. The maximum Gasteiger partial charge on any atom is 0.333 e. The average Bonchev–Trinajstić information content (AvgIpc) is 2.94. The largest absolute Gasteiger partial charge is 0.333 e. The summed E-state index contributed by atoms with van der Waals surface area (Å²) in [7, 11) is 0. The number of nitrogens with one attached hydrogen (secondary N) is 1. The van der Waals surface area contributed by atoms with Crippen molar-refractivity contribution in [2.24, 2.45) is 0 Å². The fraction of sp³-hybridized carbons (Fsp3) is 0. The second kappa shape index (κ2) is 5.63. The van der Waals surface area contributed by atoms with E-state index < -0.39 is 11.9 Å². The quantitative estimate of drug-likeness (QED) is 0.622. The van der Waals surface area contributed by atoms with E-state index in [1.807, 2.05) is 11.4 Å². The summed E-state index contributed by atoms with van der Waals surface area (Å²) in [6, 6.07) is 8.00. The number of carbonyl (C=O) groups excluding carboxylic acids is 2. The molecular formula is C14H8BrClN2O2S. The zero-order valence-electron chi connectivity index (χ0n) is 10.5. The van der Waals surface area contributed by atoms with Crippen molar-refractivity contribution in [2.45, 2.75) is 0 Å². The zero-order chi connectivity index (χ0) is 15.0. The highest BCUT2D eigenvalue weighted by Crippen LogP contribution is 2.27. The number of halogens is 2. The highest BCUT2D eigenvalue weighted by atomic mass is 79.9. The number of nitrogens with zero attached hydrogens (tertiary/aromatic N) is 1. The van der Waals surface area contributed by atoms with Crippen LogP contribution in [0.3, 0.4) is 0 Å². The highest BCUT2D eigenvalue weighted by molar-refractivity contribution is 9.10. The van der Waals surface area contributed by atoms with Crippen LogP contribution in [-0.4, -0.2) is 11.9 Å². The van der Waals surface area contributed by atoms with Crippen molar-refractivity contribution < 1.29 is 9.59 Å². The molecule has 0 bridgehead atoms. The number of hydrogen-bond acceptors (Lipinski definition) is 3. The van der Waals surface area contributed by atoms with Crippen LogP contribution in [0.15, 0.2) is 45.9 Å². The molecule has 0 saturated carbocycles. The molecule has 1 fully saturated rings. The summed E-state index contributed by atoms with van der Waals surface area (Å²) in [4.78, 5) is 26.3. The van der Waals surface area contributed by atoms with Gasteiger partial charge in [-0.25, -0.2) is 9.69 Å². The van der Waals surface area contributed by atoms with Gasteiger partial charge >= 0.3 is 6.03 Å². The number of rotatable bonds is 2. The Bertz CT molecular complexity index is 772. The molecule has 0 atom stereocenters. The van der Waals surface area contributed by atoms with Gasteiger partial charge in [-0.3, -0.25) is 4.79 Å². The Balaban J connectivity index is 1.94. The van der Waals surface area contributed by atoms with Crippen molar-refractivity contribution in [2.75, 3.05) is 4.90 Å². The van der Waals surface area contributed by atoms with Gasteiger partial charge in [-0.05, 0) is 46.3 Å². The predicted molar refractivity (Wildman–Crippen MR) is 87.5 cm³/mol. The van der Waals surface area contributed by atoms with Crippen LogP contribution in [0.2, 0.25) is 5.02 Å². The monoisotopic (exact) mass is 382 g/mol. The van der Waals surface area contributed by atoms with Crippen molar-refractivity contribution >= 4 is 62.6 Å². The number of hydrogen-bond donors (Lipinski definition) is 1. The fourth-order valence-electron chi connectivity index (χ4n) is 1.93. The van der Waals surface area contributed by atoms with Gasteiger partial charge in [0, 0.05) is 19.8 Å². The first-order valence-corrected chi connectivity index (χ1v) is 7.96. The van der Waals surface area contributed by atoms with E-state index in [4.69, 9.17) is 11.6 Å². The number of anilines is 1. The number of carbonyl (C=O) groups is 2. The lowest BCUT2D eigenvalue weighted by atomic mass is 10.3. The van der Waals surface area contributed by atoms with E-state index in [9.17, 15) is 9.59 Å². The molecule has 4 nitrogen and oxygen atoms in total. The van der Waals surface area contributed by atoms with E-state index >= 15 is 0 Å². The van der Waals surface area contributed by atoms with Crippen molar-refractivity contribution in [3.63, 3.8) is 0 Å². The van der Waals surface area contributed by atoms with Crippen LogP contribution in [0.25, 0.3) is 6.08 Å². The molecule has 106 valence electrons. The third kappa shape index (κ3) is 2.88. The van der Waals surface area contributed by atoms with Gasteiger partial charge in [0.1, 0.15) is 5.70 Å². The Morgan fingerprint density at radius 3 is 2.76 bits per heavy atom. The third-order valence-electron chi connectivity index (χ3n) is 2.82. The van der Waals surface area contributed by atoms with E-state index in [-0.39, 0.29) is 5.70 Å². The predicted octanol–water partition coefficient (Wildman–Crippen LogP) is 4.26. The number of amides is 3. The smallest absolute Gasteiger partial charge is 0.302 e. The summed E-state index contributed by atoms with van der Waals surface area (Å²) >= 11 is 10.7. The Morgan fingerprint density at radius 2 is 2.10 bits per heavy atom. The van der Waals surface area contributed by atoms with E-state index in [2.05, 4.69) is 21.2 Å². The topological polar surface area (TPSA) is 49.4 Å². The first kappa shape index (κ1) is 14.3. The first-order chi connectivity index (χ1) is 10.0. The zero-order valence-corrected chi connectivity index (χ0v) is 13.6. The van der Waals surface area contributed by atoms with Crippen molar-refractivity contribution in [3.05, 3.63) is 55.8 Å². The summed E-state index contributed by atoms with van der Waals surface area (Å²) in [6.07, 6.45) is 1.65. The number of urea groups is 1. The average molecular weight is 384 g/mol. The van der Waals surface area contributed by atoms with Crippen LogP contribution in [0.4, 0.5) is 10.5 Å². The molecule has 3 amide bonds. The minimum Gasteiger partial charge on any atom is -0.302 e. The van der Waals surface area contributed by atoms with Crippen LogP contribution in [0, 0.1) is 0 Å². The molecule has 1 saturated heterocycles. The fourth-order valence-corrected chi connectivity index (χ4v) is 3.49. The molecular weight excluding hydrogens is 376 g/mol. The molecule has 1 aliphatic heterocycles. The summed E-state index contributed by atoms with van der Waals surface area (Å²) < 4.78 is 0.933. The minimum atomic E-state index is -0.482. The molecule has 1 aliphatic rings. The molecule has 0 aliphatic carbocycles. The molecule has 2 heterocycles. The first-order valence-electron chi connectivity index (χ1n) is 5.91. The SMILES string of the molecule is O=C1N/C(=C/c2cc(Br)cs2)C(=O)N1c1cccc(Cl)c1. The van der Waals surface area contributed by atoms with Gasteiger partial charge in [-0.15, -0.1) is 11.3 Å². The highest BCUT2D eigenvalue weighted by Gasteiger charge is 2.34.